The first-order chi connectivity index (χ1) is 8.72. The van der Waals surface area contributed by atoms with Crippen molar-refractivity contribution in [2.75, 3.05) is 11.9 Å². The first-order valence-corrected chi connectivity index (χ1v) is 6.43. The minimum absolute atomic E-state index is 0.664. The number of anilines is 1. The fourth-order valence-corrected chi connectivity index (χ4v) is 2.36. The molecular weight excluding hydrogens is 228 g/mol. The molecule has 96 valence electrons. The largest absolute Gasteiger partial charge is 0.443 e. The molecule has 0 aliphatic heterocycles. The summed E-state index contributed by atoms with van der Waals surface area (Å²) in [4.78, 5) is 6.62. The molecule has 0 aromatic carbocycles. The Morgan fingerprint density at radius 3 is 2.94 bits per heavy atom. The van der Waals surface area contributed by atoms with Gasteiger partial charge in [-0.3, -0.25) is 5.10 Å². The van der Waals surface area contributed by atoms with E-state index in [1.807, 2.05) is 24.9 Å². The van der Waals surface area contributed by atoms with Gasteiger partial charge in [0.2, 0.25) is 5.89 Å². The maximum atomic E-state index is 5.81. The molecule has 0 spiro atoms. The van der Waals surface area contributed by atoms with E-state index in [1.165, 1.54) is 12.8 Å². The average Bonchev–Trinajstić information content (AvgIpc) is 2.94. The van der Waals surface area contributed by atoms with E-state index in [-0.39, 0.29) is 0 Å². The summed E-state index contributed by atoms with van der Waals surface area (Å²) >= 11 is 0. The number of aromatic amines is 1. The third kappa shape index (κ3) is 2.12. The van der Waals surface area contributed by atoms with Gasteiger partial charge in [-0.25, -0.2) is 4.98 Å². The predicted octanol–water partition coefficient (Wildman–Crippen LogP) is 2.22. The van der Waals surface area contributed by atoms with Crippen molar-refractivity contribution in [1.29, 1.82) is 0 Å². The Morgan fingerprint density at radius 1 is 1.39 bits per heavy atom. The highest BCUT2D eigenvalue weighted by molar-refractivity contribution is 5.37. The van der Waals surface area contributed by atoms with E-state index in [1.54, 1.807) is 0 Å². The summed E-state index contributed by atoms with van der Waals surface area (Å²) in [5.41, 5.74) is 2.21. The van der Waals surface area contributed by atoms with Gasteiger partial charge in [-0.1, -0.05) is 0 Å². The molecule has 0 fully saturated rings. The molecule has 2 aromatic rings. The van der Waals surface area contributed by atoms with Crippen molar-refractivity contribution in [1.82, 2.24) is 15.2 Å². The van der Waals surface area contributed by atoms with Crippen LogP contribution in [0.25, 0.3) is 0 Å². The number of aryl methyl sites for hydroxylation is 3. The van der Waals surface area contributed by atoms with Crippen molar-refractivity contribution in [3.63, 3.8) is 0 Å². The predicted molar refractivity (Wildman–Crippen MR) is 68.6 cm³/mol. The Bertz CT molecular complexity index is 519. The maximum Gasteiger partial charge on any atom is 0.214 e. The second-order valence-corrected chi connectivity index (χ2v) is 4.95. The zero-order chi connectivity index (χ0) is 12.5. The first-order valence-electron chi connectivity index (χ1n) is 6.43. The van der Waals surface area contributed by atoms with Crippen LogP contribution in [-0.2, 0) is 19.4 Å². The number of rotatable bonds is 3. The molecule has 0 radical (unpaired) electrons. The quantitative estimate of drug-likeness (QED) is 0.902. The lowest BCUT2D eigenvalue weighted by atomic mass is 10.0. The van der Waals surface area contributed by atoms with Gasteiger partial charge in [0.15, 0.2) is 5.82 Å². The minimum atomic E-state index is 0.664. The second kappa shape index (κ2) is 4.48. The van der Waals surface area contributed by atoms with E-state index in [2.05, 4.69) is 15.2 Å². The van der Waals surface area contributed by atoms with Crippen molar-refractivity contribution < 1.29 is 4.42 Å². The van der Waals surface area contributed by atoms with Crippen LogP contribution < -0.4 is 4.90 Å². The van der Waals surface area contributed by atoms with E-state index in [9.17, 15) is 0 Å². The second-order valence-electron chi connectivity index (χ2n) is 4.95. The van der Waals surface area contributed by atoms with Gasteiger partial charge in [0.1, 0.15) is 5.76 Å². The van der Waals surface area contributed by atoms with Crippen LogP contribution in [0.1, 0.15) is 35.9 Å². The Kier molecular flexibility index (Phi) is 2.81. The van der Waals surface area contributed by atoms with Crippen molar-refractivity contribution in [3.05, 3.63) is 29.1 Å². The van der Waals surface area contributed by atoms with Gasteiger partial charge in [0.05, 0.1) is 12.2 Å². The van der Waals surface area contributed by atoms with E-state index < -0.39 is 0 Å². The summed E-state index contributed by atoms with van der Waals surface area (Å²) < 4.78 is 5.81. The van der Waals surface area contributed by atoms with Crippen LogP contribution in [0.15, 0.2) is 10.5 Å². The summed E-state index contributed by atoms with van der Waals surface area (Å²) in [7, 11) is 2.00. The molecule has 0 saturated carbocycles. The Morgan fingerprint density at radius 2 is 2.22 bits per heavy atom. The highest BCUT2D eigenvalue weighted by Crippen LogP contribution is 2.22. The monoisotopic (exact) mass is 246 g/mol. The van der Waals surface area contributed by atoms with Crippen molar-refractivity contribution >= 4 is 5.82 Å². The number of oxazole rings is 1. The molecule has 0 saturated heterocycles. The third-order valence-electron chi connectivity index (χ3n) is 3.35. The Labute approximate surface area is 106 Å². The molecule has 5 nitrogen and oxygen atoms in total. The minimum Gasteiger partial charge on any atom is -0.443 e. The molecule has 5 heteroatoms. The molecule has 18 heavy (non-hydrogen) atoms. The van der Waals surface area contributed by atoms with Crippen LogP contribution in [-0.4, -0.2) is 22.2 Å². The number of fused-ring (bicyclic) bond motifs is 1. The van der Waals surface area contributed by atoms with Gasteiger partial charge in [0.25, 0.3) is 0 Å². The number of nitrogens with one attached hydrogen (secondary N) is 1. The van der Waals surface area contributed by atoms with Gasteiger partial charge >= 0.3 is 0 Å². The van der Waals surface area contributed by atoms with E-state index in [0.29, 0.717) is 6.54 Å². The third-order valence-corrected chi connectivity index (χ3v) is 3.35. The lowest BCUT2D eigenvalue weighted by Gasteiger charge is -2.12. The first kappa shape index (κ1) is 11.3. The SMILES string of the molecule is Cc1cc(N(C)Cc2nc3c(o2)CCCC3)n[nH]1. The van der Waals surface area contributed by atoms with Gasteiger partial charge in [-0.15, -0.1) is 0 Å². The van der Waals surface area contributed by atoms with E-state index >= 15 is 0 Å². The highest BCUT2D eigenvalue weighted by atomic mass is 16.4. The van der Waals surface area contributed by atoms with E-state index in [4.69, 9.17) is 4.42 Å². The fourth-order valence-electron chi connectivity index (χ4n) is 2.36. The van der Waals surface area contributed by atoms with E-state index in [0.717, 1.165) is 41.7 Å². The molecule has 0 unspecified atom stereocenters. The highest BCUT2D eigenvalue weighted by Gasteiger charge is 2.18. The normalized spacial score (nSPS) is 14.6. The summed E-state index contributed by atoms with van der Waals surface area (Å²) in [5, 5.41) is 7.17. The molecule has 1 N–H and O–H groups in total. The van der Waals surface area contributed by atoms with Crippen LogP contribution in [0.2, 0.25) is 0 Å². The maximum absolute atomic E-state index is 5.81. The number of aromatic nitrogens is 3. The van der Waals surface area contributed by atoms with Gasteiger partial charge < -0.3 is 9.32 Å². The van der Waals surface area contributed by atoms with Gasteiger partial charge in [0, 0.05) is 25.2 Å². The average molecular weight is 246 g/mol. The van der Waals surface area contributed by atoms with Crippen molar-refractivity contribution in [3.8, 4) is 0 Å². The smallest absolute Gasteiger partial charge is 0.214 e. The molecule has 0 atom stereocenters. The molecule has 0 amide bonds. The molecule has 2 heterocycles. The number of nitrogens with zero attached hydrogens (tertiary/aromatic N) is 3. The van der Waals surface area contributed by atoms with Crippen molar-refractivity contribution in [2.45, 2.75) is 39.2 Å². The van der Waals surface area contributed by atoms with Crippen LogP contribution in [0, 0.1) is 6.92 Å². The number of hydrogen-bond acceptors (Lipinski definition) is 4. The summed E-state index contributed by atoms with van der Waals surface area (Å²) in [6, 6.07) is 2.02. The standard InChI is InChI=1S/C13H18N4O/c1-9-7-12(16-15-9)17(2)8-13-14-10-5-3-4-6-11(10)18-13/h7H,3-6,8H2,1-2H3,(H,15,16). The molecule has 1 aliphatic rings. The fraction of sp³-hybridized carbons (Fsp3) is 0.538. The Hall–Kier alpha value is -1.78. The summed E-state index contributed by atoms with van der Waals surface area (Å²) in [6.45, 7) is 2.66. The zero-order valence-corrected chi connectivity index (χ0v) is 10.9. The van der Waals surface area contributed by atoms with Crippen LogP contribution in [0.3, 0.4) is 0 Å². The molecule has 1 aliphatic carbocycles. The number of H-pyrrole nitrogens is 1. The lowest BCUT2D eigenvalue weighted by molar-refractivity contribution is 0.438. The zero-order valence-electron chi connectivity index (χ0n) is 10.9. The Balaban J connectivity index is 1.74. The summed E-state index contributed by atoms with van der Waals surface area (Å²) in [5.74, 6) is 2.80. The van der Waals surface area contributed by atoms with Crippen molar-refractivity contribution in [2.24, 2.45) is 0 Å². The van der Waals surface area contributed by atoms with Crippen LogP contribution in [0.4, 0.5) is 5.82 Å². The summed E-state index contributed by atoms with van der Waals surface area (Å²) in [6.07, 6.45) is 4.54. The van der Waals surface area contributed by atoms with Gasteiger partial charge in [-0.2, -0.15) is 5.10 Å². The number of hydrogen-bond donors (Lipinski definition) is 1. The van der Waals surface area contributed by atoms with Gasteiger partial charge in [-0.05, 0) is 26.2 Å². The molecule has 3 rings (SSSR count). The topological polar surface area (TPSA) is 58.0 Å². The molecule has 0 bridgehead atoms. The van der Waals surface area contributed by atoms with Crippen LogP contribution >= 0.6 is 0 Å². The molecular formula is C13H18N4O. The molecule has 2 aromatic heterocycles. The van der Waals surface area contributed by atoms with Crippen LogP contribution in [0.5, 0.6) is 0 Å². The lowest BCUT2D eigenvalue weighted by Crippen LogP contribution is -2.17.